The molecule has 2 heterocycles. The van der Waals surface area contributed by atoms with Crippen molar-refractivity contribution in [2.45, 2.75) is 40.0 Å². The molecule has 2 rings (SSSR count). The molecule has 0 aliphatic carbocycles. The third kappa shape index (κ3) is 8.45. The van der Waals surface area contributed by atoms with Gasteiger partial charge in [0.15, 0.2) is 5.13 Å². The van der Waals surface area contributed by atoms with E-state index in [4.69, 9.17) is 0 Å². The minimum absolute atomic E-state index is 0. The standard InChI is InChI=1S/C13H16N2O2S2.C7H12.H2/c1-3-14-13-15-10(8-18-13)11-6-4-9(19-11)5-7-12(16)17-2;1-3-5-7-6-4-2;/h4,6,8H,3,5,7H2,1-2H3,(H,14,15);3,5-7H,4H2,1-2H3;1H/b;5-3-,7-6-;. The molecule has 0 atom stereocenters. The van der Waals surface area contributed by atoms with Gasteiger partial charge in [-0.25, -0.2) is 4.98 Å². The molecule has 144 valence electrons. The van der Waals surface area contributed by atoms with E-state index in [2.05, 4.69) is 53.2 Å². The van der Waals surface area contributed by atoms with E-state index in [1.54, 1.807) is 22.7 Å². The molecule has 0 saturated carbocycles. The number of esters is 1. The van der Waals surface area contributed by atoms with Crippen molar-refractivity contribution < 1.29 is 11.0 Å². The highest BCUT2D eigenvalue weighted by Crippen LogP contribution is 2.31. The van der Waals surface area contributed by atoms with Gasteiger partial charge in [-0.2, -0.15) is 0 Å². The molecule has 0 aromatic carbocycles. The Labute approximate surface area is 166 Å². The highest BCUT2D eigenvalue weighted by molar-refractivity contribution is 7.17. The summed E-state index contributed by atoms with van der Waals surface area (Å²) in [4.78, 5) is 17.9. The van der Waals surface area contributed by atoms with Crippen molar-refractivity contribution >= 4 is 33.8 Å². The number of ether oxygens (including phenoxy) is 1. The molecule has 0 unspecified atom stereocenters. The Bertz CT molecular complexity index is 708. The summed E-state index contributed by atoms with van der Waals surface area (Å²) in [5.41, 5.74) is 0.996. The number of carbonyl (C=O) groups is 1. The summed E-state index contributed by atoms with van der Waals surface area (Å²) in [5, 5.41) is 6.20. The van der Waals surface area contributed by atoms with Gasteiger partial charge in [0.1, 0.15) is 0 Å². The van der Waals surface area contributed by atoms with Crippen LogP contribution in [0.1, 0.15) is 39.9 Å². The second kappa shape index (κ2) is 13.3. The number of anilines is 1. The van der Waals surface area contributed by atoms with Crippen molar-refractivity contribution in [3.05, 3.63) is 46.7 Å². The van der Waals surface area contributed by atoms with Gasteiger partial charge in [-0.3, -0.25) is 4.79 Å². The predicted molar refractivity (Wildman–Crippen MR) is 116 cm³/mol. The molecule has 0 radical (unpaired) electrons. The maximum absolute atomic E-state index is 11.1. The van der Waals surface area contributed by atoms with Gasteiger partial charge in [0.2, 0.25) is 0 Å². The number of allylic oxidation sites excluding steroid dienone is 4. The molecule has 1 N–H and O–H groups in total. The minimum atomic E-state index is -0.168. The van der Waals surface area contributed by atoms with Gasteiger partial charge >= 0.3 is 5.97 Å². The third-order valence-electron chi connectivity index (χ3n) is 3.22. The van der Waals surface area contributed by atoms with Crippen LogP contribution in [-0.2, 0) is 16.0 Å². The van der Waals surface area contributed by atoms with Crippen molar-refractivity contribution in [2.24, 2.45) is 0 Å². The Morgan fingerprint density at radius 1 is 1.35 bits per heavy atom. The molecular weight excluding hydrogens is 364 g/mol. The van der Waals surface area contributed by atoms with Crippen LogP contribution >= 0.6 is 22.7 Å². The monoisotopic (exact) mass is 394 g/mol. The average molecular weight is 395 g/mol. The lowest BCUT2D eigenvalue weighted by Crippen LogP contribution is -2.00. The topological polar surface area (TPSA) is 51.2 Å². The van der Waals surface area contributed by atoms with Crippen LogP contribution in [0.15, 0.2) is 41.8 Å². The Hall–Kier alpha value is -1.92. The molecule has 2 aromatic rings. The van der Waals surface area contributed by atoms with Crippen LogP contribution in [0.5, 0.6) is 0 Å². The molecule has 0 aliphatic heterocycles. The number of nitrogens with zero attached hydrogens (tertiary/aromatic N) is 1. The van der Waals surface area contributed by atoms with Crippen LogP contribution in [0.4, 0.5) is 5.13 Å². The van der Waals surface area contributed by atoms with Gasteiger partial charge in [0, 0.05) is 18.2 Å². The van der Waals surface area contributed by atoms with Crippen molar-refractivity contribution in [1.29, 1.82) is 0 Å². The number of aryl methyl sites for hydroxylation is 1. The summed E-state index contributed by atoms with van der Waals surface area (Å²) >= 11 is 3.29. The Balaban J connectivity index is 0.000000728. The number of carbonyl (C=O) groups excluding carboxylic acids is 1. The van der Waals surface area contributed by atoms with Gasteiger partial charge in [-0.05, 0) is 38.8 Å². The van der Waals surface area contributed by atoms with Gasteiger partial charge in [-0.1, -0.05) is 31.2 Å². The molecule has 26 heavy (non-hydrogen) atoms. The van der Waals surface area contributed by atoms with Crippen LogP contribution < -0.4 is 5.32 Å². The van der Waals surface area contributed by atoms with Gasteiger partial charge in [0.25, 0.3) is 0 Å². The molecular formula is C20H30N2O2S2. The number of thiazole rings is 1. The highest BCUT2D eigenvalue weighted by atomic mass is 32.1. The van der Waals surface area contributed by atoms with E-state index in [1.807, 2.05) is 24.5 Å². The zero-order valence-corrected chi connectivity index (χ0v) is 17.6. The molecule has 0 amide bonds. The fourth-order valence-corrected chi connectivity index (χ4v) is 3.75. The molecule has 0 fully saturated rings. The van der Waals surface area contributed by atoms with Crippen molar-refractivity contribution in [3.63, 3.8) is 0 Å². The first-order chi connectivity index (χ1) is 12.6. The first-order valence-corrected chi connectivity index (χ1v) is 10.5. The molecule has 2 aromatic heterocycles. The van der Waals surface area contributed by atoms with Crippen molar-refractivity contribution in [1.82, 2.24) is 4.98 Å². The Kier molecular flexibility index (Phi) is 11.3. The van der Waals surface area contributed by atoms with E-state index >= 15 is 0 Å². The highest BCUT2D eigenvalue weighted by Gasteiger charge is 2.08. The number of thiophene rings is 1. The summed E-state index contributed by atoms with van der Waals surface area (Å²) in [6.07, 6.45) is 10.5. The summed E-state index contributed by atoms with van der Waals surface area (Å²) < 4.78 is 4.64. The molecule has 4 nitrogen and oxygen atoms in total. The largest absolute Gasteiger partial charge is 0.469 e. The van der Waals surface area contributed by atoms with E-state index in [0.717, 1.165) is 35.1 Å². The predicted octanol–water partition coefficient (Wildman–Crippen LogP) is 6.18. The van der Waals surface area contributed by atoms with Crippen LogP contribution in [0, 0.1) is 0 Å². The molecule has 0 spiro atoms. The number of hydrogen-bond donors (Lipinski definition) is 1. The van der Waals surface area contributed by atoms with E-state index in [9.17, 15) is 4.79 Å². The fraction of sp³-hybridized carbons (Fsp3) is 0.400. The number of aromatic nitrogens is 1. The van der Waals surface area contributed by atoms with E-state index in [-0.39, 0.29) is 7.40 Å². The van der Waals surface area contributed by atoms with Crippen molar-refractivity contribution in [3.8, 4) is 10.6 Å². The van der Waals surface area contributed by atoms with Crippen molar-refractivity contribution in [2.75, 3.05) is 19.0 Å². The fourth-order valence-electron chi connectivity index (χ4n) is 1.92. The number of hydrogen-bond acceptors (Lipinski definition) is 6. The third-order valence-corrected chi connectivity index (χ3v) is 5.19. The number of methoxy groups -OCH3 is 1. The maximum atomic E-state index is 11.1. The van der Waals surface area contributed by atoms with Gasteiger partial charge in [0.05, 0.1) is 24.1 Å². The van der Waals surface area contributed by atoms with Crippen LogP contribution in [0.3, 0.4) is 0 Å². The lowest BCUT2D eigenvalue weighted by Gasteiger charge is -1.96. The van der Waals surface area contributed by atoms with E-state index in [0.29, 0.717) is 6.42 Å². The second-order valence-corrected chi connectivity index (χ2v) is 7.30. The quantitative estimate of drug-likeness (QED) is 0.429. The molecule has 0 saturated heterocycles. The van der Waals surface area contributed by atoms with Crippen LogP contribution in [0.2, 0.25) is 0 Å². The maximum Gasteiger partial charge on any atom is 0.305 e. The van der Waals surface area contributed by atoms with Gasteiger partial charge < -0.3 is 10.1 Å². The first-order valence-electron chi connectivity index (χ1n) is 8.77. The zero-order chi connectivity index (χ0) is 19.2. The number of nitrogens with one attached hydrogen (secondary N) is 1. The summed E-state index contributed by atoms with van der Waals surface area (Å²) in [6, 6.07) is 4.11. The first kappa shape index (κ1) is 22.1. The summed E-state index contributed by atoms with van der Waals surface area (Å²) in [5.74, 6) is -0.168. The Morgan fingerprint density at radius 3 is 2.81 bits per heavy atom. The normalized spacial score (nSPS) is 10.8. The smallest absolute Gasteiger partial charge is 0.305 e. The minimum Gasteiger partial charge on any atom is -0.469 e. The summed E-state index contributed by atoms with van der Waals surface area (Å²) in [6.45, 7) is 7.07. The lowest BCUT2D eigenvalue weighted by molar-refractivity contribution is -0.140. The van der Waals surface area contributed by atoms with Crippen LogP contribution in [-0.4, -0.2) is 24.6 Å². The number of rotatable bonds is 8. The molecule has 0 aliphatic rings. The molecule has 6 heteroatoms. The molecule has 0 bridgehead atoms. The van der Waals surface area contributed by atoms with Gasteiger partial charge in [-0.15, -0.1) is 22.7 Å². The van der Waals surface area contributed by atoms with E-state index in [1.165, 1.54) is 12.0 Å². The second-order valence-electron chi connectivity index (χ2n) is 5.27. The Morgan fingerprint density at radius 2 is 2.15 bits per heavy atom. The SMILES string of the molecule is C/C=C\C=C/CC.CCNc1nc(-c2ccc(CCC(=O)OC)s2)cs1.[HH]. The van der Waals surface area contributed by atoms with Crippen LogP contribution in [0.25, 0.3) is 10.6 Å². The lowest BCUT2D eigenvalue weighted by atomic mass is 10.2. The zero-order valence-electron chi connectivity index (χ0n) is 16.0. The summed E-state index contributed by atoms with van der Waals surface area (Å²) in [7, 11) is 1.42. The average Bonchev–Trinajstić information content (AvgIpc) is 3.30. The van der Waals surface area contributed by atoms with E-state index < -0.39 is 0 Å².